The van der Waals surface area contributed by atoms with Gasteiger partial charge in [0.2, 0.25) is 5.75 Å². The van der Waals surface area contributed by atoms with E-state index in [2.05, 4.69) is 0 Å². The highest BCUT2D eigenvalue weighted by Gasteiger charge is 2.23. The van der Waals surface area contributed by atoms with Crippen LogP contribution in [-0.2, 0) is 0 Å². The molecule has 0 aliphatic carbocycles. The summed E-state index contributed by atoms with van der Waals surface area (Å²) in [7, 11) is 2.72. The SMILES string of the molecule is COc1ccc(Cl)c([N+](=O)[O-])c1OC. The van der Waals surface area contributed by atoms with Crippen LogP contribution in [0.3, 0.4) is 0 Å². The molecular weight excluding hydrogens is 210 g/mol. The summed E-state index contributed by atoms with van der Waals surface area (Å²) in [5, 5.41) is 10.7. The molecule has 0 aliphatic heterocycles. The van der Waals surface area contributed by atoms with Crippen molar-refractivity contribution in [2.75, 3.05) is 14.2 Å². The number of ether oxygens (including phenoxy) is 2. The molecule has 0 aliphatic rings. The summed E-state index contributed by atoms with van der Waals surface area (Å²) in [6.07, 6.45) is 0. The van der Waals surface area contributed by atoms with Crippen LogP contribution in [-0.4, -0.2) is 19.1 Å². The summed E-state index contributed by atoms with van der Waals surface area (Å²) in [6, 6.07) is 2.90. The van der Waals surface area contributed by atoms with E-state index >= 15 is 0 Å². The number of halogens is 1. The minimum Gasteiger partial charge on any atom is -0.493 e. The van der Waals surface area contributed by atoms with E-state index in [-0.39, 0.29) is 22.2 Å². The Labute approximate surface area is 85.3 Å². The summed E-state index contributed by atoms with van der Waals surface area (Å²) in [5.41, 5.74) is -0.284. The molecule has 0 saturated heterocycles. The fourth-order valence-electron chi connectivity index (χ4n) is 1.06. The number of rotatable bonds is 3. The van der Waals surface area contributed by atoms with Crippen LogP contribution in [0.5, 0.6) is 11.5 Å². The van der Waals surface area contributed by atoms with Gasteiger partial charge in [0.15, 0.2) is 5.75 Å². The first-order chi connectivity index (χ1) is 6.61. The highest BCUT2D eigenvalue weighted by Crippen LogP contribution is 2.41. The van der Waals surface area contributed by atoms with Gasteiger partial charge < -0.3 is 9.47 Å². The topological polar surface area (TPSA) is 61.6 Å². The second-order valence-electron chi connectivity index (χ2n) is 2.39. The van der Waals surface area contributed by atoms with E-state index in [1.165, 1.54) is 26.4 Å². The number of nitro groups is 1. The molecule has 5 nitrogen and oxygen atoms in total. The van der Waals surface area contributed by atoms with Crippen molar-refractivity contribution >= 4 is 17.3 Å². The minimum atomic E-state index is -0.607. The van der Waals surface area contributed by atoms with Gasteiger partial charge in [-0.2, -0.15) is 0 Å². The van der Waals surface area contributed by atoms with Gasteiger partial charge in [-0.15, -0.1) is 0 Å². The van der Waals surface area contributed by atoms with E-state index in [4.69, 9.17) is 21.1 Å². The Kier molecular flexibility index (Phi) is 3.14. The zero-order valence-electron chi connectivity index (χ0n) is 7.61. The summed E-state index contributed by atoms with van der Waals surface area (Å²) in [4.78, 5) is 10.0. The monoisotopic (exact) mass is 217 g/mol. The van der Waals surface area contributed by atoms with E-state index in [9.17, 15) is 10.1 Å². The van der Waals surface area contributed by atoms with Gasteiger partial charge in [0, 0.05) is 0 Å². The molecule has 0 aromatic heterocycles. The van der Waals surface area contributed by atoms with Gasteiger partial charge >= 0.3 is 5.69 Å². The molecule has 14 heavy (non-hydrogen) atoms. The summed E-state index contributed by atoms with van der Waals surface area (Å²) < 4.78 is 9.75. The maximum atomic E-state index is 10.7. The lowest BCUT2D eigenvalue weighted by Crippen LogP contribution is -1.97. The van der Waals surface area contributed by atoms with E-state index in [1.807, 2.05) is 0 Å². The van der Waals surface area contributed by atoms with Gasteiger partial charge in [-0.3, -0.25) is 10.1 Å². The largest absolute Gasteiger partial charge is 0.493 e. The number of nitrogens with zero attached hydrogens (tertiary/aromatic N) is 1. The average Bonchev–Trinajstić information content (AvgIpc) is 2.16. The highest BCUT2D eigenvalue weighted by molar-refractivity contribution is 6.33. The molecule has 0 spiro atoms. The lowest BCUT2D eigenvalue weighted by molar-refractivity contribution is -0.385. The first kappa shape index (κ1) is 10.6. The Balaban J connectivity index is 3.42. The molecule has 0 unspecified atom stereocenters. The quantitative estimate of drug-likeness (QED) is 0.576. The highest BCUT2D eigenvalue weighted by atomic mass is 35.5. The standard InChI is InChI=1S/C8H8ClNO4/c1-13-6-4-3-5(9)7(10(11)12)8(6)14-2/h3-4H,1-2H3. The van der Waals surface area contributed by atoms with Gasteiger partial charge in [0.25, 0.3) is 0 Å². The fourth-order valence-corrected chi connectivity index (χ4v) is 1.27. The molecule has 0 amide bonds. The fraction of sp³-hybridized carbons (Fsp3) is 0.250. The molecule has 0 saturated carbocycles. The van der Waals surface area contributed by atoms with Crippen LogP contribution in [0.4, 0.5) is 5.69 Å². The Morgan fingerprint density at radius 2 is 2.00 bits per heavy atom. The number of methoxy groups -OCH3 is 2. The molecule has 6 heteroatoms. The van der Waals surface area contributed by atoms with Gasteiger partial charge in [0.05, 0.1) is 19.1 Å². The van der Waals surface area contributed by atoms with Crippen LogP contribution in [0.25, 0.3) is 0 Å². The number of hydrogen-bond donors (Lipinski definition) is 0. The van der Waals surface area contributed by atoms with Crippen molar-refractivity contribution in [2.45, 2.75) is 0 Å². The summed E-state index contributed by atoms with van der Waals surface area (Å²) >= 11 is 5.65. The third-order valence-corrected chi connectivity index (χ3v) is 1.96. The van der Waals surface area contributed by atoms with Crippen molar-refractivity contribution in [3.05, 3.63) is 27.3 Å². The predicted molar refractivity (Wildman–Crippen MR) is 51.2 cm³/mol. The van der Waals surface area contributed by atoms with Gasteiger partial charge in [-0.05, 0) is 12.1 Å². The first-order valence-corrected chi connectivity index (χ1v) is 4.04. The Bertz CT molecular complexity index is 367. The van der Waals surface area contributed by atoms with Crippen molar-refractivity contribution in [1.29, 1.82) is 0 Å². The van der Waals surface area contributed by atoms with Crippen LogP contribution in [0, 0.1) is 10.1 Å². The van der Waals surface area contributed by atoms with E-state index < -0.39 is 4.92 Å². The van der Waals surface area contributed by atoms with E-state index in [0.717, 1.165) is 0 Å². The molecule has 0 bridgehead atoms. The molecule has 76 valence electrons. The molecule has 1 aromatic rings. The molecule has 1 rings (SSSR count). The molecule has 0 atom stereocenters. The van der Waals surface area contributed by atoms with Crippen molar-refractivity contribution in [3.8, 4) is 11.5 Å². The maximum absolute atomic E-state index is 10.7. The molecule has 0 fully saturated rings. The predicted octanol–water partition coefficient (Wildman–Crippen LogP) is 2.27. The molecule has 0 heterocycles. The van der Waals surface area contributed by atoms with E-state index in [0.29, 0.717) is 0 Å². The zero-order chi connectivity index (χ0) is 10.7. The van der Waals surface area contributed by atoms with E-state index in [1.54, 1.807) is 0 Å². The van der Waals surface area contributed by atoms with Gasteiger partial charge in [-0.1, -0.05) is 11.6 Å². The molecular formula is C8H8ClNO4. The third kappa shape index (κ3) is 1.72. The van der Waals surface area contributed by atoms with Crippen LogP contribution in [0.2, 0.25) is 5.02 Å². The molecule has 0 N–H and O–H groups in total. The van der Waals surface area contributed by atoms with Gasteiger partial charge in [0.1, 0.15) is 5.02 Å². The number of nitro benzene ring substituents is 1. The number of benzene rings is 1. The first-order valence-electron chi connectivity index (χ1n) is 3.66. The Hall–Kier alpha value is -1.49. The lowest BCUT2D eigenvalue weighted by Gasteiger charge is -2.07. The minimum absolute atomic E-state index is 0.0210. The van der Waals surface area contributed by atoms with Crippen molar-refractivity contribution in [1.82, 2.24) is 0 Å². The zero-order valence-corrected chi connectivity index (χ0v) is 8.37. The van der Waals surface area contributed by atoms with Crippen LogP contribution in [0.1, 0.15) is 0 Å². The second-order valence-corrected chi connectivity index (χ2v) is 2.80. The van der Waals surface area contributed by atoms with Crippen LogP contribution in [0.15, 0.2) is 12.1 Å². The average molecular weight is 218 g/mol. The molecule has 0 radical (unpaired) electrons. The lowest BCUT2D eigenvalue weighted by atomic mass is 10.2. The summed E-state index contributed by atoms with van der Waals surface area (Å²) in [5.74, 6) is 0.314. The normalized spacial score (nSPS) is 9.64. The number of hydrogen-bond acceptors (Lipinski definition) is 4. The maximum Gasteiger partial charge on any atom is 0.333 e. The van der Waals surface area contributed by atoms with Crippen molar-refractivity contribution in [3.63, 3.8) is 0 Å². The van der Waals surface area contributed by atoms with Crippen molar-refractivity contribution < 1.29 is 14.4 Å². The Morgan fingerprint density at radius 3 is 2.43 bits per heavy atom. The van der Waals surface area contributed by atoms with Crippen molar-refractivity contribution in [2.24, 2.45) is 0 Å². The smallest absolute Gasteiger partial charge is 0.333 e. The van der Waals surface area contributed by atoms with Gasteiger partial charge in [-0.25, -0.2) is 0 Å². The molecule has 1 aromatic carbocycles. The second kappa shape index (κ2) is 4.15. The summed E-state index contributed by atoms with van der Waals surface area (Å²) in [6.45, 7) is 0. The third-order valence-electron chi connectivity index (χ3n) is 1.65. The van der Waals surface area contributed by atoms with Crippen LogP contribution < -0.4 is 9.47 Å². The van der Waals surface area contributed by atoms with Crippen LogP contribution >= 0.6 is 11.6 Å². The Morgan fingerprint density at radius 1 is 1.36 bits per heavy atom.